The normalized spacial score (nSPS) is 29.9. The van der Waals surface area contributed by atoms with Crippen molar-refractivity contribution in [2.45, 2.75) is 44.1 Å². The monoisotopic (exact) mass is 294 g/mol. The van der Waals surface area contributed by atoms with Gasteiger partial charge >= 0.3 is 5.97 Å². The van der Waals surface area contributed by atoms with Crippen LogP contribution in [-0.4, -0.2) is 47.0 Å². The van der Waals surface area contributed by atoms with E-state index < -0.39 is 22.2 Å². The lowest BCUT2D eigenvalue weighted by Crippen LogP contribution is -2.52. The van der Waals surface area contributed by atoms with Crippen molar-refractivity contribution in [3.63, 3.8) is 0 Å². The topological polar surface area (TPSA) is 86.7 Å². The second kappa shape index (κ2) is 4.99. The summed E-state index contributed by atoms with van der Waals surface area (Å²) in [5.41, 5.74) is 0. The van der Waals surface area contributed by atoms with Crippen molar-refractivity contribution < 1.29 is 18.3 Å². The van der Waals surface area contributed by atoms with Gasteiger partial charge in [0.05, 0.1) is 5.37 Å². The maximum atomic E-state index is 12.2. The number of carbonyl (C=O) groups is 1. The summed E-state index contributed by atoms with van der Waals surface area (Å²) in [7, 11) is -3.73. The Morgan fingerprint density at radius 1 is 1.44 bits per heavy atom. The molecule has 2 unspecified atom stereocenters. The summed E-state index contributed by atoms with van der Waals surface area (Å²) >= 11 is 1.44. The highest BCUT2D eigenvalue weighted by atomic mass is 32.2. The molecule has 18 heavy (non-hydrogen) atoms. The predicted octanol–water partition coefficient (Wildman–Crippen LogP) is 0.467. The molecular weight excluding hydrogens is 276 g/mol. The number of rotatable bonds is 5. The van der Waals surface area contributed by atoms with E-state index in [4.69, 9.17) is 5.11 Å². The van der Waals surface area contributed by atoms with Gasteiger partial charge in [0.15, 0.2) is 0 Å². The number of hydrogen-bond donors (Lipinski definition) is 2. The van der Waals surface area contributed by atoms with E-state index in [2.05, 4.69) is 4.72 Å². The fourth-order valence-corrected chi connectivity index (χ4v) is 5.88. The third-order valence-electron chi connectivity index (χ3n) is 2.96. The third kappa shape index (κ3) is 2.81. The van der Waals surface area contributed by atoms with Gasteiger partial charge in [-0.25, -0.2) is 0 Å². The summed E-state index contributed by atoms with van der Waals surface area (Å²) in [6, 6.07) is -1.19. The van der Waals surface area contributed by atoms with Crippen LogP contribution in [0, 0.1) is 5.92 Å². The second-order valence-electron chi connectivity index (χ2n) is 5.02. The minimum atomic E-state index is -3.73. The first-order valence-corrected chi connectivity index (χ1v) is 8.47. The van der Waals surface area contributed by atoms with Gasteiger partial charge in [0, 0.05) is 11.8 Å². The minimum absolute atomic E-state index is 0.220. The van der Waals surface area contributed by atoms with E-state index in [-0.39, 0.29) is 11.4 Å². The fraction of sp³-hybridized carbons (Fsp3) is 0.900. The molecule has 1 aliphatic carbocycles. The van der Waals surface area contributed by atoms with Crippen LogP contribution in [0.5, 0.6) is 0 Å². The Balaban J connectivity index is 2.25. The highest BCUT2D eigenvalue weighted by molar-refractivity contribution is 8.01. The van der Waals surface area contributed by atoms with Crippen LogP contribution in [0.2, 0.25) is 0 Å². The maximum Gasteiger partial charge on any atom is 0.322 e. The Kier molecular flexibility index (Phi) is 3.91. The molecule has 104 valence electrons. The number of hydrogen-bond acceptors (Lipinski definition) is 4. The van der Waals surface area contributed by atoms with Crippen LogP contribution in [0.4, 0.5) is 0 Å². The molecule has 2 atom stereocenters. The van der Waals surface area contributed by atoms with Crippen molar-refractivity contribution in [1.29, 1.82) is 0 Å². The number of carboxylic acids is 1. The lowest BCUT2D eigenvalue weighted by atomic mass is 10.3. The molecule has 0 amide bonds. The van der Waals surface area contributed by atoms with Crippen molar-refractivity contribution in [3.8, 4) is 0 Å². The van der Waals surface area contributed by atoms with E-state index in [1.165, 1.54) is 11.8 Å². The van der Waals surface area contributed by atoms with E-state index >= 15 is 0 Å². The van der Waals surface area contributed by atoms with Gasteiger partial charge in [-0.15, -0.1) is 11.8 Å². The van der Waals surface area contributed by atoms with Crippen molar-refractivity contribution in [2.24, 2.45) is 5.92 Å². The highest BCUT2D eigenvalue weighted by Crippen LogP contribution is 2.46. The van der Waals surface area contributed by atoms with Gasteiger partial charge in [0.1, 0.15) is 6.04 Å². The van der Waals surface area contributed by atoms with Crippen LogP contribution < -0.4 is 4.72 Å². The molecule has 0 spiro atoms. The molecule has 0 aromatic heterocycles. The summed E-state index contributed by atoms with van der Waals surface area (Å²) in [6.45, 7) is 3.45. The van der Waals surface area contributed by atoms with Crippen LogP contribution in [-0.2, 0) is 15.0 Å². The average Bonchev–Trinajstić information content (AvgIpc) is 2.94. The van der Waals surface area contributed by atoms with Crippen LogP contribution in [0.25, 0.3) is 0 Å². The van der Waals surface area contributed by atoms with Gasteiger partial charge in [-0.3, -0.25) is 4.79 Å². The molecule has 2 fully saturated rings. The summed E-state index contributed by atoms with van der Waals surface area (Å²) in [6.07, 6.45) is 1.97. The summed E-state index contributed by atoms with van der Waals surface area (Å²) in [4.78, 5) is 11.2. The summed E-state index contributed by atoms with van der Waals surface area (Å²) in [5.74, 6) is -0.432. The van der Waals surface area contributed by atoms with Gasteiger partial charge in [-0.1, -0.05) is 0 Å². The zero-order chi connectivity index (χ0) is 13.5. The quantitative estimate of drug-likeness (QED) is 0.769. The first-order chi connectivity index (χ1) is 8.33. The third-order valence-corrected chi connectivity index (χ3v) is 6.36. The molecular formula is C10H18N2O4S2. The van der Waals surface area contributed by atoms with E-state index in [1.807, 2.05) is 0 Å². The van der Waals surface area contributed by atoms with E-state index in [0.717, 1.165) is 17.1 Å². The molecule has 1 heterocycles. The first-order valence-electron chi connectivity index (χ1n) is 5.98. The van der Waals surface area contributed by atoms with Crippen molar-refractivity contribution in [2.75, 3.05) is 5.75 Å². The van der Waals surface area contributed by atoms with Crippen LogP contribution >= 0.6 is 11.8 Å². The second-order valence-corrected chi connectivity index (χ2v) is 7.78. The Morgan fingerprint density at radius 2 is 2.06 bits per heavy atom. The van der Waals surface area contributed by atoms with E-state index in [1.54, 1.807) is 13.8 Å². The molecule has 1 saturated carbocycles. The molecule has 1 saturated heterocycles. The number of aliphatic carboxylic acids is 1. The molecule has 2 rings (SSSR count). The molecule has 1 aliphatic heterocycles. The average molecular weight is 294 g/mol. The molecule has 2 aliphatic rings. The number of thioether (sulfide) groups is 1. The molecule has 2 N–H and O–H groups in total. The highest BCUT2D eigenvalue weighted by Gasteiger charge is 2.51. The molecule has 8 heteroatoms. The summed E-state index contributed by atoms with van der Waals surface area (Å²) < 4.78 is 28.1. The zero-order valence-corrected chi connectivity index (χ0v) is 12.0. The van der Waals surface area contributed by atoms with Gasteiger partial charge in [0.25, 0.3) is 10.2 Å². The molecule has 0 aromatic rings. The molecule has 0 radical (unpaired) electrons. The Hall–Kier alpha value is -0.310. The molecule has 0 aromatic carbocycles. The number of nitrogens with one attached hydrogen (secondary N) is 1. The van der Waals surface area contributed by atoms with Crippen LogP contribution in [0.3, 0.4) is 0 Å². The Bertz CT molecular complexity index is 433. The largest absolute Gasteiger partial charge is 0.480 e. The Morgan fingerprint density at radius 3 is 2.50 bits per heavy atom. The van der Waals surface area contributed by atoms with Crippen molar-refractivity contribution in [1.82, 2.24) is 9.03 Å². The van der Waals surface area contributed by atoms with Gasteiger partial charge < -0.3 is 5.11 Å². The lowest BCUT2D eigenvalue weighted by molar-refractivity contribution is -0.140. The van der Waals surface area contributed by atoms with Crippen LogP contribution in [0.1, 0.15) is 26.7 Å². The Labute approximate surface area is 111 Å². The predicted molar refractivity (Wildman–Crippen MR) is 69.4 cm³/mol. The summed E-state index contributed by atoms with van der Waals surface area (Å²) in [5, 5.41) is 8.93. The van der Waals surface area contributed by atoms with Crippen molar-refractivity contribution >= 4 is 27.9 Å². The minimum Gasteiger partial charge on any atom is -0.480 e. The maximum absolute atomic E-state index is 12.2. The standard InChI is InChI=1S/C10H18N2O4S2/c1-6(2)11-18(15,16)12-8(10(13)14)5-17-9(12)7-3-4-7/h6-9,11H,3-5H2,1-2H3,(H,13,14). The molecule has 0 bridgehead atoms. The zero-order valence-electron chi connectivity index (χ0n) is 10.4. The smallest absolute Gasteiger partial charge is 0.322 e. The van der Waals surface area contributed by atoms with E-state index in [0.29, 0.717) is 11.7 Å². The number of nitrogens with zero attached hydrogens (tertiary/aromatic N) is 1. The van der Waals surface area contributed by atoms with Gasteiger partial charge in [0.2, 0.25) is 0 Å². The van der Waals surface area contributed by atoms with Crippen LogP contribution in [0.15, 0.2) is 0 Å². The fourth-order valence-electron chi connectivity index (χ4n) is 2.08. The number of carboxylic acid groups (broad SMARTS) is 1. The van der Waals surface area contributed by atoms with Crippen molar-refractivity contribution in [3.05, 3.63) is 0 Å². The van der Waals surface area contributed by atoms with E-state index in [9.17, 15) is 13.2 Å². The van der Waals surface area contributed by atoms with Gasteiger partial charge in [-0.05, 0) is 32.6 Å². The first kappa shape index (κ1) is 14.1. The SMILES string of the molecule is CC(C)NS(=O)(=O)N1C(C(=O)O)CSC1C1CC1. The molecule has 6 nitrogen and oxygen atoms in total. The lowest BCUT2D eigenvalue weighted by Gasteiger charge is -2.27. The van der Waals surface area contributed by atoms with Gasteiger partial charge in [-0.2, -0.15) is 17.4 Å².